The van der Waals surface area contributed by atoms with Crippen LogP contribution >= 0.6 is 11.3 Å². The fourth-order valence-corrected chi connectivity index (χ4v) is 2.23. The van der Waals surface area contributed by atoms with Crippen LogP contribution in [-0.2, 0) is 6.42 Å². The van der Waals surface area contributed by atoms with E-state index in [1.54, 1.807) is 24.3 Å². The molecule has 0 aliphatic rings. The highest BCUT2D eigenvalue weighted by Gasteiger charge is 2.03. The van der Waals surface area contributed by atoms with Gasteiger partial charge in [-0.25, -0.2) is 9.59 Å². The van der Waals surface area contributed by atoms with Crippen molar-refractivity contribution in [3.05, 3.63) is 52.2 Å². The molecule has 0 spiro atoms. The molecule has 0 aliphatic heterocycles. The second-order valence-electron chi connectivity index (χ2n) is 4.15. The zero-order valence-electron chi connectivity index (χ0n) is 10.6. The first-order chi connectivity index (χ1) is 9.65. The number of nitrogens with one attached hydrogen (secondary N) is 2. The first-order valence-electron chi connectivity index (χ1n) is 6.04. The number of hydrogen-bond donors (Lipinski definition) is 3. The molecular weight excluding hydrogens is 276 g/mol. The monoisotopic (exact) mass is 290 g/mol. The molecule has 0 atom stereocenters. The third-order valence-corrected chi connectivity index (χ3v) is 3.36. The van der Waals surface area contributed by atoms with Gasteiger partial charge in [-0.05, 0) is 35.6 Å². The van der Waals surface area contributed by atoms with Crippen molar-refractivity contribution >= 4 is 29.0 Å². The molecule has 1 aromatic carbocycles. The molecule has 0 radical (unpaired) electrons. The van der Waals surface area contributed by atoms with Gasteiger partial charge in [0.1, 0.15) is 0 Å². The van der Waals surface area contributed by atoms with Crippen molar-refractivity contribution in [2.75, 3.05) is 11.9 Å². The number of carbonyl (C=O) groups is 2. The lowest BCUT2D eigenvalue weighted by atomic mass is 10.1. The quantitative estimate of drug-likeness (QED) is 0.792. The van der Waals surface area contributed by atoms with Gasteiger partial charge in [0.05, 0.1) is 11.3 Å². The van der Waals surface area contributed by atoms with Crippen LogP contribution in [0.15, 0.2) is 41.1 Å². The molecule has 1 heterocycles. The van der Waals surface area contributed by atoms with E-state index >= 15 is 0 Å². The minimum Gasteiger partial charge on any atom is -0.478 e. The number of aromatic carboxylic acids is 1. The Hall–Kier alpha value is -2.34. The zero-order valence-corrected chi connectivity index (χ0v) is 11.4. The standard InChI is InChI=1S/C14H14N2O3S/c17-13(18)11-3-1-10(2-4-11)5-7-15-14(19)16-12-6-8-20-9-12/h1-4,6,8-9H,5,7H2,(H,17,18)(H2,15,16,19). The zero-order chi connectivity index (χ0) is 14.4. The number of benzene rings is 1. The lowest BCUT2D eigenvalue weighted by Gasteiger charge is -2.06. The Morgan fingerprint density at radius 1 is 1.15 bits per heavy atom. The predicted molar refractivity (Wildman–Crippen MR) is 78.4 cm³/mol. The van der Waals surface area contributed by atoms with Crippen LogP contribution in [0.25, 0.3) is 0 Å². The van der Waals surface area contributed by atoms with Crippen LogP contribution in [0.4, 0.5) is 10.5 Å². The summed E-state index contributed by atoms with van der Waals surface area (Å²) in [7, 11) is 0. The van der Waals surface area contributed by atoms with Crippen LogP contribution in [0.1, 0.15) is 15.9 Å². The molecule has 0 saturated carbocycles. The van der Waals surface area contributed by atoms with Crippen LogP contribution in [0.3, 0.4) is 0 Å². The molecule has 0 fully saturated rings. The minimum atomic E-state index is -0.940. The Balaban J connectivity index is 1.75. The van der Waals surface area contributed by atoms with Gasteiger partial charge >= 0.3 is 12.0 Å². The SMILES string of the molecule is O=C(NCCc1ccc(C(=O)O)cc1)Nc1ccsc1. The van der Waals surface area contributed by atoms with Gasteiger partial charge < -0.3 is 15.7 Å². The van der Waals surface area contributed by atoms with Crippen molar-refractivity contribution in [2.24, 2.45) is 0 Å². The van der Waals surface area contributed by atoms with Gasteiger partial charge in [-0.2, -0.15) is 11.3 Å². The summed E-state index contributed by atoms with van der Waals surface area (Å²) in [5, 5.41) is 18.0. The second kappa shape index (κ2) is 6.72. The molecule has 5 nitrogen and oxygen atoms in total. The number of hydrogen-bond acceptors (Lipinski definition) is 3. The van der Waals surface area contributed by atoms with Crippen LogP contribution in [0.5, 0.6) is 0 Å². The molecule has 0 saturated heterocycles. The molecule has 1 aromatic heterocycles. The van der Waals surface area contributed by atoms with Crippen LogP contribution < -0.4 is 10.6 Å². The van der Waals surface area contributed by atoms with Crippen molar-refractivity contribution < 1.29 is 14.7 Å². The maximum Gasteiger partial charge on any atom is 0.335 e. The van der Waals surface area contributed by atoms with Crippen molar-refractivity contribution in [2.45, 2.75) is 6.42 Å². The van der Waals surface area contributed by atoms with Gasteiger partial charge in [0.2, 0.25) is 0 Å². The largest absolute Gasteiger partial charge is 0.478 e. The molecule has 20 heavy (non-hydrogen) atoms. The lowest BCUT2D eigenvalue weighted by Crippen LogP contribution is -2.30. The summed E-state index contributed by atoms with van der Waals surface area (Å²) in [6.07, 6.45) is 0.650. The van der Waals surface area contributed by atoms with Crippen molar-refractivity contribution in [1.82, 2.24) is 5.32 Å². The molecule has 2 rings (SSSR count). The Labute approximate surface area is 120 Å². The third kappa shape index (κ3) is 4.10. The molecule has 104 valence electrons. The van der Waals surface area contributed by atoms with E-state index in [-0.39, 0.29) is 11.6 Å². The van der Waals surface area contributed by atoms with Crippen LogP contribution in [0.2, 0.25) is 0 Å². The molecule has 0 aliphatic carbocycles. The highest BCUT2D eigenvalue weighted by Crippen LogP contribution is 2.11. The molecule has 3 N–H and O–H groups in total. The normalized spacial score (nSPS) is 10.0. The predicted octanol–water partition coefficient (Wildman–Crippen LogP) is 2.81. The highest BCUT2D eigenvalue weighted by molar-refractivity contribution is 7.08. The van der Waals surface area contributed by atoms with Crippen LogP contribution in [-0.4, -0.2) is 23.7 Å². The van der Waals surface area contributed by atoms with Crippen molar-refractivity contribution in [1.29, 1.82) is 0 Å². The molecule has 0 bridgehead atoms. The Morgan fingerprint density at radius 2 is 1.90 bits per heavy atom. The Bertz CT molecular complexity index is 579. The van der Waals surface area contributed by atoms with Gasteiger partial charge in [0.15, 0.2) is 0 Å². The number of amides is 2. The molecule has 0 unspecified atom stereocenters. The number of carboxylic acids is 1. The smallest absolute Gasteiger partial charge is 0.335 e. The summed E-state index contributed by atoms with van der Waals surface area (Å²) in [5.41, 5.74) is 2.01. The summed E-state index contributed by atoms with van der Waals surface area (Å²) in [5.74, 6) is -0.940. The summed E-state index contributed by atoms with van der Waals surface area (Å²) in [6, 6.07) is 8.20. The third-order valence-electron chi connectivity index (χ3n) is 2.68. The Kier molecular flexibility index (Phi) is 4.73. The highest BCUT2D eigenvalue weighted by atomic mass is 32.1. The van der Waals surface area contributed by atoms with Gasteiger partial charge in [-0.3, -0.25) is 0 Å². The number of anilines is 1. The van der Waals surface area contributed by atoms with E-state index in [0.717, 1.165) is 11.3 Å². The number of carboxylic acid groups (broad SMARTS) is 1. The van der Waals surface area contributed by atoms with E-state index in [9.17, 15) is 9.59 Å². The summed E-state index contributed by atoms with van der Waals surface area (Å²) in [6.45, 7) is 0.488. The van der Waals surface area contributed by atoms with Gasteiger partial charge in [0, 0.05) is 11.9 Å². The minimum absolute atomic E-state index is 0.245. The van der Waals surface area contributed by atoms with Crippen molar-refractivity contribution in [3.8, 4) is 0 Å². The summed E-state index contributed by atoms with van der Waals surface area (Å²) >= 11 is 1.52. The fourth-order valence-electron chi connectivity index (χ4n) is 1.65. The first-order valence-corrected chi connectivity index (χ1v) is 6.99. The van der Waals surface area contributed by atoms with Gasteiger partial charge in [0.25, 0.3) is 0 Å². The first kappa shape index (κ1) is 14.1. The maximum absolute atomic E-state index is 11.5. The van der Waals surface area contributed by atoms with Crippen LogP contribution in [0, 0.1) is 0 Å². The summed E-state index contributed by atoms with van der Waals surface area (Å²) < 4.78 is 0. The number of carbonyl (C=O) groups excluding carboxylic acids is 1. The van der Waals surface area contributed by atoms with E-state index in [1.807, 2.05) is 16.8 Å². The average Bonchev–Trinajstić information content (AvgIpc) is 2.92. The van der Waals surface area contributed by atoms with Gasteiger partial charge in [-0.1, -0.05) is 12.1 Å². The van der Waals surface area contributed by atoms with E-state index in [4.69, 9.17) is 5.11 Å². The molecule has 2 aromatic rings. The number of rotatable bonds is 5. The van der Waals surface area contributed by atoms with E-state index in [0.29, 0.717) is 13.0 Å². The maximum atomic E-state index is 11.5. The fraction of sp³-hybridized carbons (Fsp3) is 0.143. The molecule has 2 amide bonds. The lowest BCUT2D eigenvalue weighted by molar-refractivity contribution is 0.0697. The van der Waals surface area contributed by atoms with Gasteiger partial charge in [-0.15, -0.1) is 0 Å². The Morgan fingerprint density at radius 3 is 2.50 bits per heavy atom. The summed E-state index contributed by atoms with van der Waals surface area (Å²) in [4.78, 5) is 22.3. The van der Waals surface area contributed by atoms with Crippen molar-refractivity contribution in [3.63, 3.8) is 0 Å². The van der Waals surface area contributed by atoms with E-state index in [1.165, 1.54) is 11.3 Å². The average molecular weight is 290 g/mol. The van der Waals surface area contributed by atoms with E-state index in [2.05, 4.69) is 10.6 Å². The molecule has 6 heteroatoms. The number of urea groups is 1. The second-order valence-corrected chi connectivity index (χ2v) is 4.93. The van der Waals surface area contributed by atoms with E-state index < -0.39 is 5.97 Å². The molecular formula is C14H14N2O3S. The topological polar surface area (TPSA) is 78.4 Å². The number of thiophene rings is 1.